The molecule has 0 amide bonds. The minimum Gasteiger partial charge on any atom is -0.496 e. The number of ether oxygens (including phenoxy) is 2. The zero-order valence-electron chi connectivity index (χ0n) is 14.3. The smallest absolute Gasteiger partial charge is 0.201 e. The molecule has 0 bridgehead atoms. The Kier molecular flexibility index (Phi) is 4.95. The lowest BCUT2D eigenvalue weighted by atomic mass is 9.95. The van der Waals surface area contributed by atoms with Crippen LogP contribution >= 0.6 is 0 Å². The number of aromatic nitrogens is 1. The van der Waals surface area contributed by atoms with Crippen LogP contribution in [0.3, 0.4) is 0 Å². The van der Waals surface area contributed by atoms with Crippen molar-refractivity contribution in [3.8, 4) is 11.5 Å². The van der Waals surface area contributed by atoms with Crippen LogP contribution in [0, 0.1) is 0 Å². The lowest BCUT2D eigenvalue weighted by molar-refractivity contribution is 0.103. The Balaban J connectivity index is 2.19. The van der Waals surface area contributed by atoms with E-state index in [0.717, 1.165) is 16.3 Å². The second-order valence-corrected chi connectivity index (χ2v) is 5.65. The molecule has 5 heteroatoms. The van der Waals surface area contributed by atoms with E-state index in [0.29, 0.717) is 35.6 Å². The van der Waals surface area contributed by atoms with Gasteiger partial charge in [-0.15, -0.1) is 0 Å². The number of ketones is 1. The van der Waals surface area contributed by atoms with Crippen LogP contribution in [0.15, 0.2) is 48.8 Å². The zero-order valence-corrected chi connectivity index (χ0v) is 14.3. The molecule has 2 aromatic carbocycles. The molecule has 1 aromatic heterocycles. The summed E-state index contributed by atoms with van der Waals surface area (Å²) in [6.07, 6.45) is 4.10. The molecule has 0 fully saturated rings. The van der Waals surface area contributed by atoms with E-state index >= 15 is 0 Å². The topological polar surface area (TPSA) is 74.4 Å². The van der Waals surface area contributed by atoms with E-state index in [9.17, 15) is 4.79 Å². The lowest BCUT2D eigenvalue weighted by Crippen LogP contribution is -2.09. The molecule has 0 aliphatic carbocycles. The summed E-state index contributed by atoms with van der Waals surface area (Å²) in [4.78, 5) is 17.4. The fourth-order valence-electron chi connectivity index (χ4n) is 2.96. The van der Waals surface area contributed by atoms with Crippen LogP contribution in [-0.4, -0.2) is 31.5 Å². The van der Waals surface area contributed by atoms with Gasteiger partial charge in [0.15, 0.2) is 0 Å². The molecule has 0 aliphatic heterocycles. The van der Waals surface area contributed by atoms with Crippen molar-refractivity contribution < 1.29 is 14.3 Å². The zero-order chi connectivity index (χ0) is 17.8. The largest absolute Gasteiger partial charge is 0.496 e. The summed E-state index contributed by atoms with van der Waals surface area (Å²) >= 11 is 0. The number of carbonyl (C=O) groups excluding carboxylic acids is 1. The summed E-state index contributed by atoms with van der Waals surface area (Å²) in [6, 6.07) is 11.1. The average molecular weight is 336 g/mol. The molecule has 0 radical (unpaired) electrons. The van der Waals surface area contributed by atoms with E-state index < -0.39 is 0 Å². The lowest BCUT2D eigenvalue weighted by Gasteiger charge is -2.15. The Labute approximate surface area is 146 Å². The van der Waals surface area contributed by atoms with Gasteiger partial charge in [-0.25, -0.2) is 0 Å². The van der Waals surface area contributed by atoms with Crippen LogP contribution in [0.5, 0.6) is 11.5 Å². The van der Waals surface area contributed by atoms with E-state index in [-0.39, 0.29) is 5.78 Å². The maximum Gasteiger partial charge on any atom is 0.201 e. The van der Waals surface area contributed by atoms with Crippen molar-refractivity contribution in [3.63, 3.8) is 0 Å². The number of nitrogens with two attached hydrogens (primary N) is 1. The molecule has 0 saturated carbocycles. The molecule has 3 aromatic rings. The third kappa shape index (κ3) is 3.19. The van der Waals surface area contributed by atoms with E-state index in [1.807, 2.05) is 30.3 Å². The van der Waals surface area contributed by atoms with Gasteiger partial charge in [-0.1, -0.05) is 18.2 Å². The minimum atomic E-state index is -0.148. The summed E-state index contributed by atoms with van der Waals surface area (Å²) in [5, 5.41) is 1.75. The molecule has 1 heterocycles. The fraction of sp³-hybridized carbons (Fsp3) is 0.200. The Morgan fingerprint density at radius 1 is 1.12 bits per heavy atom. The number of fused-ring (bicyclic) bond motifs is 1. The number of pyridine rings is 1. The first-order valence-corrected chi connectivity index (χ1v) is 8.02. The molecule has 0 unspecified atom stereocenters. The van der Waals surface area contributed by atoms with Gasteiger partial charge in [-0.05, 0) is 42.1 Å². The molecule has 0 spiro atoms. The first-order valence-electron chi connectivity index (χ1n) is 8.02. The molecule has 5 nitrogen and oxygen atoms in total. The second-order valence-electron chi connectivity index (χ2n) is 5.65. The van der Waals surface area contributed by atoms with Gasteiger partial charge in [0.2, 0.25) is 5.78 Å². The molecule has 2 N–H and O–H groups in total. The fourth-order valence-corrected chi connectivity index (χ4v) is 2.96. The van der Waals surface area contributed by atoms with E-state index in [4.69, 9.17) is 15.2 Å². The van der Waals surface area contributed by atoms with Gasteiger partial charge in [0.1, 0.15) is 17.1 Å². The van der Waals surface area contributed by atoms with Crippen LogP contribution in [0.25, 0.3) is 10.8 Å². The predicted octanol–water partition coefficient (Wildman–Crippen LogP) is 2.98. The average Bonchev–Trinajstić information content (AvgIpc) is 2.66. The van der Waals surface area contributed by atoms with E-state index in [2.05, 4.69) is 4.98 Å². The van der Waals surface area contributed by atoms with Crippen LogP contribution in [0.2, 0.25) is 0 Å². The third-order valence-electron chi connectivity index (χ3n) is 4.15. The number of benzene rings is 2. The molecular weight excluding hydrogens is 316 g/mol. The van der Waals surface area contributed by atoms with Crippen molar-refractivity contribution in [3.05, 3.63) is 65.5 Å². The monoisotopic (exact) mass is 336 g/mol. The third-order valence-corrected chi connectivity index (χ3v) is 4.15. The van der Waals surface area contributed by atoms with Gasteiger partial charge in [0, 0.05) is 23.3 Å². The van der Waals surface area contributed by atoms with Gasteiger partial charge in [0.25, 0.3) is 0 Å². The molecule has 25 heavy (non-hydrogen) atoms. The van der Waals surface area contributed by atoms with Crippen molar-refractivity contribution in [2.75, 3.05) is 20.8 Å². The Morgan fingerprint density at radius 3 is 2.48 bits per heavy atom. The predicted molar refractivity (Wildman–Crippen MR) is 97.5 cm³/mol. The molecule has 3 rings (SSSR count). The number of nitrogens with zero attached hydrogens (tertiary/aromatic N) is 1. The Morgan fingerprint density at radius 2 is 1.84 bits per heavy atom. The van der Waals surface area contributed by atoms with Crippen molar-refractivity contribution in [1.29, 1.82) is 0 Å². The van der Waals surface area contributed by atoms with Gasteiger partial charge in [-0.2, -0.15) is 0 Å². The van der Waals surface area contributed by atoms with E-state index in [1.54, 1.807) is 32.7 Å². The van der Waals surface area contributed by atoms with Gasteiger partial charge >= 0.3 is 0 Å². The highest BCUT2D eigenvalue weighted by molar-refractivity contribution is 6.18. The molecule has 0 aliphatic rings. The quantitative estimate of drug-likeness (QED) is 0.701. The number of carbonyl (C=O) groups is 1. The Hall–Kier alpha value is -2.92. The number of hydrogen-bond donors (Lipinski definition) is 1. The second kappa shape index (κ2) is 7.32. The summed E-state index contributed by atoms with van der Waals surface area (Å²) < 4.78 is 11.0. The van der Waals surface area contributed by atoms with Crippen molar-refractivity contribution >= 4 is 16.6 Å². The highest BCUT2D eigenvalue weighted by Gasteiger charge is 2.22. The summed E-state index contributed by atoms with van der Waals surface area (Å²) in [5.74, 6) is 0.822. The summed E-state index contributed by atoms with van der Waals surface area (Å²) in [6.45, 7) is 0.510. The molecule has 0 saturated heterocycles. The van der Waals surface area contributed by atoms with Crippen LogP contribution in [0.1, 0.15) is 21.5 Å². The number of hydrogen-bond acceptors (Lipinski definition) is 5. The maximum absolute atomic E-state index is 13.3. The minimum absolute atomic E-state index is 0.148. The van der Waals surface area contributed by atoms with Crippen LogP contribution in [0.4, 0.5) is 0 Å². The summed E-state index contributed by atoms with van der Waals surface area (Å²) in [5.41, 5.74) is 7.61. The SMILES string of the molecule is COc1cc(CCN)cc(OC)c1C(=O)c1cccc2cnccc12. The maximum atomic E-state index is 13.3. The van der Waals surface area contributed by atoms with Gasteiger partial charge < -0.3 is 15.2 Å². The van der Waals surface area contributed by atoms with Gasteiger partial charge in [-0.3, -0.25) is 9.78 Å². The van der Waals surface area contributed by atoms with Crippen LogP contribution < -0.4 is 15.2 Å². The first kappa shape index (κ1) is 16.9. The highest BCUT2D eigenvalue weighted by Crippen LogP contribution is 2.34. The first-order chi connectivity index (χ1) is 12.2. The molecule has 128 valence electrons. The molecule has 0 atom stereocenters. The van der Waals surface area contributed by atoms with E-state index in [1.165, 1.54) is 0 Å². The van der Waals surface area contributed by atoms with Crippen molar-refractivity contribution in [2.24, 2.45) is 5.73 Å². The van der Waals surface area contributed by atoms with Gasteiger partial charge in [0.05, 0.1) is 14.2 Å². The standard InChI is InChI=1S/C20H20N2O3/c1-24-17-10-13(6-8-21)11-18(25-2)19(17)20(23)16-5-3-4-14-12-22-9-7-15(14)16/h3-5,7,9-12H,6,8,21H2,1-2H3. The Bertz CT molecular complexity index is 891. The van der Waals surface area contributed by atoms with Crippen molar-refractivity contribution in [1.82, 2.24) is 4.98 Å². The number of rotatable bonds is 6. The summed E-state index contributed by atoms with van der Waals surface area (Å²) in [7, 11) is 3.09. The van der Waals surface area contributed by atoms with Crippen molar-refractivity contribution in [2.45, 2.75) is 6.42 Å². The molecular formula is C20H20N2O3. The number of methoxy groups -OCH3 is 2. The van der Waals surface area contributed by atoms with Crippen LogP contribution in [-0.2, 0) is 6.42 Å². The normalized spacial score (nSPS) is 10.7. The highest BCUT2D eigenvalue weighted by atomic mass is 16.5.